The van der Waals surface area contributed by atoms with Crippen molar-refractivity contribution in [3.8, 4) is 5.75 Å². The van der Waals surface area contributed by atoms with Crippen LogP contribution in [0.5, 0.6) is 5.75 Å². The number of amides is 1. The second-order valence-corrected chi connectivity index (χ2v) is 15.2. The van der Waals surface area contributed by atoms with E-state index in [9.17, 15) is 32.2 Å². The van der Waals surface area contributed by atoms with Gasteiger partial charge in [-0.25, -0.2) is 4.98 Å². The van der Waals surface area contributed by atoms with Gasteiger partial charge in [-0.2, -0.15) is 18.2 Å². The fraction of sp³-hybridized carbons (Fsp3) is 0.486. The van der Waals surface area contributed by atoms with Crippen molar-refractivity contribution in [3.05, 3.63) is 64.3 Å². The molecule has 52 heavy (non-hydrogen) atoms. The molecule has 5 rings (SSSR count). The van der Waals surface area contributed by atoms with Gasteiger partial charge < -0.3 is 40.2 Å². The number of nitrogens with one attached hydrogen (secondary N) is 2. The van der Waals surface area contributed by atoms with Crippen LogP contribution in [-0.4, -0.2) is 64.5 Å². The van der Waals surface area contributed by atoms with Crippen molar-refractivity contribution in [2.75, 3.05) is 31.4 Å². The highest BCUT2D eigenvalue weighted by atomic mass is 31.2. The van der Waals surface area contributed by atoms with Gasteiger partial charge in [0.2, 0.25) is 5.95 Å². The van der Waals surface area contributed by atoms with Crippen molar-refractivity contribution in [2.24, 2.45) is 11.7 Å². The van der Waals surface area contributed by atoms with Crippen molar-refractivity contribution in [1.29, 1.82) is 0 Å². The minimum Gasteiger partial charge on any atom is -0.495 e. The lowest BCUT2D eigenvalue weighted by atomic mass is 9.80. The quantitative estimate of drug-likeness (QED) is 0.106. The number of fused-ring (bicyclic) bond motifs is 1. The number of halogens is 3. The zero-order valence-corrected chi connectivity index (χ0v) is 30.5. The highest BCUT2D eigenvalue weighted by Gasteiger charge is 2.38. The number of hydrogen-bond acceptors (Lipinski definition) is 11. The van der Waals surface area contributed by atoms with Gasteiger partial charge in [-0.1, -0.05) is 26.0 Å². The summed E-state index contributed by atoms with van der Waals surface area (Å²) < 4.78 is 71.0. The molecule has 2 aliphatic rings. The topological polar surface area (TPSA) is 178 Å². The zero-order chi connectivity index (χ0) is 38.0. The summed E-state index contributed by atoms with van der Waals surface area (Å²) >= 11 is 0. The highest BCUT2D eigenvalue weighted by molar-refractivity contribution is 7.51. The number of hydrogen-bond donors (Lipinski definition) is 4. The first-order valence-electron chi connectivity index (χ1n) is 17.0. The van der Waals surface area contributed by atoms with E-state index < -0.39 is 37.2 Å². The Morgan fingerprint density at radius 3 is 2.46 bits per heavy atom. The van der Waals surface area contributed by atoms with Crippen LogP contribution in [0.1, 0.15) is 85.0 Å². The summed E-state index contributed by atoms with van der Waals surface area (Å²) in [5.74, 6) is -1.30. The second kappa shape index (κ2) is 15.8. The number of carbonyl (C=O) groups is 2. The van der Waals surface area contributed by atoms with E-state index >= 15 is 0 Å². The minimum atomic E-state index is -4.83. The van der Waals surface area contributed by atoms with Crippen LogP contribution < -0.4 is 21.1 Å². The molecule has 2 atom stereocenters. The lowest BCUT2D eigenvalue weighted by Gasteiger charge is -2.31. The van der Waals surface area contributed by atoms with Crippen LogP contribution in [0.15, 0.2) is 36.5 Å². The molecule has 1 aliphatic carbocycles. The first-order chi connectivity index (χ1) is 24.5. The van der Waals surface area contributed by atoms with Gasteiger partial charge >= 0.3 is 19.7 Å². The van der Waals surface area contributed by atoms with Crippen molar-refractivity contribution < 1.29 is 46.2 Å². The van der Waals surface area contributed by atoms with Gasteiger partial charge in [0, 0.05) is 19.8 Å². The van der Waals surface area contributed by atoms with Gasteiger partial charge in [-0.15, -0.1) is 0 Å². The van der Waals surface area contributed by atoms with Crippen LogP contribution >= 0.6 is 7.60 Å². The van der Waals surface area contributed by atoms with E-state index in [1.807, 2.05) is 19.9 Å². The highest BCUT2D eigenvalue weighted by Crippen LogP contribution is 2.47. The number of aromatic nitrogens is 2. The molecular formula is C35H44F3N6O7P. The molecule has 1 aromatic heterocycles. The molecular weight excluding hydrogens is 704 g/mol. The largest absolute Gasteiger partial charge is 0.495 e. The molecule has 5 N–H and O–H groups in total. The molecule has 3 aromatic rings. The fourth-order valence-corrected chi connectivity index (χ4v) is 7.63. The molecule has 282 valence electrons. The summed E-state index contributed by atoms with van der Waals surface area (Å²) in [5.41, 5.74) is 7.62. The predicted octanol–water partition coefficient (Wildman–Crippen LogP) is 6.85. The smallest absolute Gasteiger partial charge is 0.421 e. The van der Waals surface area contributed by atoms with Crippen LogP contribution in [0, 0.1) is 5.92 Å². The van der Waals surface area contributed by atoms with Gasteiger partial charge in [0.15, 0.2) is 0 Å². The van der Waals surface area contributed by atoms with Crippen LogP contribution in [0.25, 0.3) is 0 Å². The molecule has 0 bridgehead atoms. The van der Waals surface area contributed by atoms with Gasteiger partial charge in [0.1, 0.15) is 29.3 Å². The molecule has 17 heteroatoms. The maximum atomic E-state index is 14.2. The monoisotopic (exact) mass is 748 g/mol. The van der Waals surface area contributed by atoms with Gasteiger partial charge in [-0.05, 0) is 79.3 Å². The Morgan fingerprint density at radius 1 is 1.13 bits per heavy atom. The average Bonchev–Trinajstić information content (AvgIpc) is 3.38. The van der Waals surface area contributed by atoms with E-state index in [1.54, 1.807) is 26.1 Å². The Hall–Kier alpha value is -4.24. The number of alkyl halides is 3. The summed E-state index contributed by atoms with van der Waals surface area (Å²) in [6.45, 7) is 5.65. The molecule has 1 unspecified atom stereocenters. The molecule has 2 heterocycles. The van der Waals surface area contributed by atoms with E-state index in [0.717, 1.165) is 11.1 Å². The van der Waals surface area contributed by atoms with E-state index in [0.29, 0.717) is 37.4 Å². The maximum Gasteiger partial charge on any atom is 0.421 e. The Kier molecular flexibility index (Phi) is 11.8. The number of benzene rings is 2. The summed E-state index contributed by atoms with van der Waals surface area (Å²) in [6, 6.07) is 7.30. The van der Waals surface area contributed by atoms with Crippen molar-refractivity contribution in [2.45, 2.75) is 83.4 Å². The number of methoxy groups -OCH3 is 1. The summed E-state index contributed by atoms with van der Waals surface area (Å²) in [5, 5.41) is 5.64. The molecule has 2 aromatic carbocycles. The summed E-state index contributed by atoms with van der Waals surface area (Å²) in [4.78, 5) is 45.4. The Labute approximate surface area is 300 Å². The fourth-order valence-electron chi connectivity index (χ4n) is 6.48. The number of rotatable bonds is 13. The summed E-state index contributed by atoms with van der Waals surface area (Å²) in [6.07, 6.45) is -2.09. The maximum absolute atomic E-state index is 14.2. The van der Waals surface area contributed by atoms with E-state index in [4.69, 9.17) is 19.7 Å². The predicted molar refractivity (Wildman–Crippen MR) is 188 cm³/mol. The molecule has 0 saturated heterocycles. The van der Waals surface area contributed by atoms with E-state index in [2.05, 4.69) is 20.6 Å². The Balaban J connectivity index is 1.40. The number of esters is 1. The van der Waals surface area contributed by atoms with E-state index in [-0.39, 0.29) is 71.8 Å². The average molecular weight is 749 g/mol. The third-order valence-corrected chi connectivity index (χ3v) is 10.7. The standard InChI is InChI=1S/C35H44F3N6O7P/c1-6-50-52(47,48)18-20-7-13-26(28(15-20)49-5)42-34-40-16-25(35(36,37)38)31(43-34)41-27-14-12-23(24-17-44(4)32(45)29(24)27)21-8-10-22(11-9-21)51-33(46)30(39)19(2)3/h7,12-16,19,21-22,30H,6,8-11,17-18,39H2,1-5H3,(H,47,48)(H2,40,41,42,43)/t21?,22?,30-/m0/s1. The van der Waals surface area contributed by atoms with Crippen LogP contribution in [-0.2, 0) is 37.5 Å². The molecule has 1 amide bonds. The van der Waals surface area contributed by atoms with E-state index in [1.165, 1.54) is 24.1 Å². The number of anilines is 4. The number of carbonyl (C=O) groups excluding carboxylic acids is 2. The molecule has 1 saturated carbocycles. The first kappa shape index (κ1) is 39.0. The van der Waals surface area contributed by atoms with Crippen LogP contribution in [0.3, 0.4) is 0 Å². The van der Waals surface area contributed by atoms with Crippen molar-refractivity contribution in [3.63, 3.8) is 0 Å². The second-order valence-electron chi connectivity index (χ2n) is 13.3. The normalized spacial score (nSPS) is 19.2. The van der Waals surface area contributed by atoms with Crippen molar-refractivity contribution >= 4 is 42.6 Å². The third kappa shape index (κ3) is 8.85. The van der Waals surface area contributed by atoms with Crippen molar-refractivity contribution in [1.82, 2.24) is 14.9 Å². The first-order valence-corrected chi connectivity index (χ1v) is 18.8. The lowest BCUT2D eigenvalue weighted by Crippen LogP contribution is -2.39. The van der Waals surface area contributed by atoms with Gasteiger partial charge in [0.05, 0.1) is 36.8 Å². The zero-order valence-electron chi connectivity index (χ0n) is 29.6. The van der Waals surface area contributed by atoms with Gasteiger partial charge in [0.25, 0.3) is 5.91 Å². The molecule has 1 aliphatic heterocycles. The summed E-state index contributed by atoms with van der Waals surface area (Å²) in [7, 11) is -0.888. The minimum absolute atomic E-state index is 0.0467. The van der Waals surface area contributed by atoms with Gasteiger partial charge in [-0.3, -0.25) is 14.2 Å². The molecule has 1 fully saturated rings. The Morgan fingerprint density at radius 2 is 1.83 bits per heavy atom. The van der Waals surface area contributed by atoms with Crippen LogP contribution in [0.4, 0.5) is 36.3 Å². The molecule has 0 spiro atoms. The number of nitrogens with zero attached hydrogens (tertiary/aromatic N) is 3. The SMILES string of the molecule is CCOP(=O)(O)Cc1ccc(Nc2ncc(C(F)(F)F)c(Nc3ccc(C4CCC(OC(=O)[C@@H](N)C(C)C)CC4)c4c3C(=O)N(C)C4)n2)c(OC)c1. The third-order valence-electron chi connectivity index (χ3n) is 9.27. The molecule has 13 nitrogen and oxygen atoms in total. The lowest BCUT2D eigenvalue weighted by molar-refractivity contribution is -0.153. The molecule has 0 radical (unpaired) electrons. The number of nitrogens with two attached hydrogens (primary N) is 1. The Bertz CT molecular complexity index is 1850. The van der Waals surface area contributed by atoms with Crippen LogP contribution in [0.2, 0.25) is 0 Å². The number of ether oxygens (including phenoxy) is 2.